The van der Waals surface area contributed by atoms with E-state index < -0.39 is 0 Å². The predicted octanol–water partition coefficient (Wildman–Crippen LogP) is -1.03. The molecule has 1 aromatic rings. The number of hydrogen-bond donors (Lipinski definition) is 2. The van der Waals surface area contributed by atoms with Gasteiger partial charge in [0.25, 0.3) is 0 Å². The lowest BCUT2D eigenvalue weighted by Gasteiger charge is -2.28. The van der Waals surface area contributed by atoms with Crippen molar-refractivity contribution < 1.29 is 19.7 Å². The number of hydrogen-bond acceptors (Lipinski definition) is 2. The molecule has 0 radical (unpaired) electrons. The molecule has 0 aliphatic carbocycles. The summed E-state index contributed by atoms with van der Waals surface area (Å²) in [5.41, 5.74) is 2.68. The van der Waals surface area contributed by atoms with Crippen LogP contribution in [0, 0.1) is 0 Å². The largest absolute Gasteiger partial charge is 0.497 e. The van der Waals surface area contributed by atoms with Crippen molar-refractivity contribution >= 4 is 0 Å². The van der Waals surface area contributed by atoms with Crippen molar-refractivity contribution in [2.45, 2.75) is 12.6 Å². The number of nitrogens with one attached hydrogen (secondary N) is 1. The average molecular weight is 238 g/mol. The van der Waals surface area contributed by atoms with Gasteiger partial charge >= 0.3 is 0 Å². The zero-order valence-electron chi connectivity index (χ0n) is 11.0. The maximum absolute atomic E-state index is 5.53. The maximum Gasteiger partial charge on any atom is 0.166 e. The van der Waals surface area contributed by atoms with Gasteiger partial charge in [-0.05, 0) is 6.07 Å². The minimum atomic E-state index is 0.486. The highest BCUT2D eigenvalue weighted by atomic mass is 16.5. The molecule has 0 spiro atoms. The molecule has 0 bridgehead atoms. The second-order valence-corrected chi connectivity index (χ2v) is 4.76. The van der Waals surface area contributed by atoms with E-state index in [9.17, 15) is 0 Å². The predicted molar refractivity (Wildman–Crippen MR) is 65.6 cm³/mol. The van der Waals surface area contributed by atoms with Crippen molar-refractivity contribution in [1.29, 1.82) is 0 Å². The number of rotatable bonds is 3. The van der Waals surface area contributed by atoms with E-state index in [2.05, 4.69) is 25.5 Å². The van der Waals surface area contributed by atoms with Crippen LogP contribution in [-0.2, 0) is 6.54 Å². The summed E-state index contributed by atoms with van der Waals surface area (Å²) in [7, 11) is 7.81. The Morgan fingerprint density at radius 1 is 1.24 bits per heavy atom. The van der Waals surface area contributed by atoms with Gasteiger partial charge in [0.1, 0.15) is 24.6 Å². The first-order valence-electron chi connectivity index (χ1n) is 6.04. The molecular weight excluding hydrogens is 216 g/mol. The minimum absolute atomic E-state index is 0.486. The molecule has 0 unspecified atom stereocenters. The van der Waals surface area contributed by atoms with Crippen molar-refractivity contribution in [1.82, 2.24) is 0 Å². The van der Waals surface area contributed by atoms with Crippen LogP contribution in [0.15, 0.2) is 12.1 Å². The average Bonchev–Trinajstić information content (AvgIpc) is 2.36. The summed E-state index contributed by atoms with van der Waals surface area (Å²) in [5, 5.41) is 2.35. The van der Waals surface area contributed by atoms with Gasteiger partial charge in [0.2, 0.25) is 0 Å². The van der Waals surface area contributed by atoms with E-state index in [1.807, 2.05) is 6.07 Å². The molecule has 1 atom stereocenters. The normalized spacial score (nSPS) is 19.0. The van der Waals surface area contributed by atoms with Gasteiger partial charge in [-0.15, -0.1) is 0 Å². The second kappa shape index (κ2) is 4.94. The highest BCUT2D eigenvalue weighted by molar-refractivity contribution is 5.48. The number of likely N-dealkylation sites (N-methyl/N-ethyl adjacent to an activating group) is 1. The summed E-state index contributed by atoms with van der Waals surface area (Å²) in [6.45, 7) is 2.12. The molecule has 94 valence electrons. The highest BCUT2D eigenvalue weighted by Gasteiger charge is 2.31. The van der Waals surface area contributed by atoms with E-state index >= 15 is 0 Å². The summed E-state index contributed by atoms with van der Waals surface area (Å²) >= 11 is 0. The van der Waals surface area contributed by atoms with Gasteiger partial charge in [0.05, 0.1) is 33.9 Å². The summed E-state index contributed by atoms with van der Waals surface area (Å²) < 4.78 is 10.8. The van der Waals surface area contributed by atoms with E-state index in [-0.39, 0.29) is 0 Å². The lowest BCUT2D eigenvalue weighted by atomic mass is 9.94. The van der Waals surface area contributed by atoms with Crippen molar-refractivity contribution in [2.75, 3.05) is 34.9 Å². The molecule has 1 aromatic carbocycles. The molecule has 0 aromatic heterocycles. The van der Waals surface area contributed by atoms with Gasteiger partial charge in [-0.1, -0.05) is 0 Å². The Morgan fingerprint density at radius 3 is 2.59 bits per heavy atom. The van der Waals surface area contributed by atoms with Crippen molar-refractivity contribution in [2.24, 2.45) is 0 Å². The third-order valence-corrected chi connectivity index (χ3v) is 3.47. The minimum Gasteiger partial charge on any atom is -0.497 e. The number of quaternary nitrogens is 2. The van der Waals surface area contributed by atoms with Crippen LogP contribution in [0.25, 0.3) is 0 Å². The SMILES string of the molecule is COc1cc2c(c(OC)c1)[C@H]([NH+](C)C)C[NH2+]C2. The molecule has 1 aliphatic heterocycles. The monoisotopic (exact) mass is 238 g/mol. The number of benzene rings is 1. The molecule has 4 nitrogen and oxygen atoms in total. The van der Waals surface area contributed by atoms with Crippen LogP contribution >= 0.6 is 0 Å². The topological polar surface area (TPSA) is 39.5 Å². The zero-order chi connectivity index (χ0) is 12.4. The van der Waals surface area contributed by atoms with E-state index in [1.54, 1.807) is 14.2 Å². The summed E-state index contributed by atoms with van der Waals surface area (Å²) in [5.74, 6) is 1.84. The van der Waals surface area contributed by atoms with Gasteiger partial charge in [-0.25, -0.2) is 0 Å². The van der Waals surface area contributed by atoms with Crippen LogP contribution in [-0.4, -0.2) is 34.9 Å². The van der Waals surface area contributed by atoms with Crippen LogP contribution < -0.4 is 19.7 Å². The fraction of sp³-hybridized carbons (Fsp3) is 0.538. The number of nitrogens with two attached hydrogens (primary N) is 1. The quantitative estimate of drug-likeness (QED) is 0.706. The van der Waals surface area contributed by atoms with Gasteiger partial charge in [0.15, 0.2) is 6.04 Å². The fourth-order valence-electron chi connectivity index (χ4n) is 2.56. The van der Waals surface area contributed by atoms with E-state index in [4.69, 9.17) is 9.47 Å². The van der Waals surface area contributed by atoms with Crippen LogP contribution in [0.1, 0.15) is 17.2 Å². The van der Waals surface area contributed by atoms with Crippen molar-refractivity contribution in [3.8, 4) is 11.5 Å². The van der Waals surface area contributed by atoms with Crippen LogP contribution in [0.4, 0.5) is 0 Å². The Kier molecular flexibility index (Phi) is 3.54. The number of methoxy groups -OCH3 is 2. The first-order valence-corrected chi connectivity index (χ1v) is 6.04. The molecule has 2 rings (SSSR count). The Balaban J connectivity index is 2.51. The van der Waals surface area contributed by atoms with Crippen molar-refractivity contribution in [3.63, 3.8) is 0 Å². The molecule has 3 N–H and O–H groups in total. The van der Waals surface area contributed by atoms with Gasteiger partial charge in [-0.3, -0.25) is 0 Å². The molecule has 0 saturated carbocycles. The molecule has 17 heavy (non-hydrogen) atoms. The van der Waals surface area contributed by atoms with Crippen LogP contribution in [0.3, 0.4) is 0 Å². The molecule has 0 saturated heterocycles. The third-order valence-electron chi connectivity index (χ3n) is 3.47. The molecule has 1 heterocycles. The molecule has 1 aliphatic rings. The Bertz CT molecular complexity index is 387. The summed E-state index contributed by atoms with van der Waals surface area (Å²) in [6.07, 6.45) is 0. The van der Waals surface area contributed by atoms with Crippen LogP contribution in [0.5, 0.6) is 11.5 Å². The molecular formula is C13H22N2O2+2. The Morgan fingerprint density at radius 2 is 2.00 bits per heavy atom. The first-order chi connectivity index (χ1) is 8.17. The van der Waals surface area contributed by atoms with Gasteiger partial charge in [0, 0.05) is 11.6 Å². The fourth-order valence-corrected chi connectivity index (χ4v) is 2.56. The van der Waals surface area contributed by atoms with Crippen molar-refractivity contribution in [3.05, 3.63) is 23.3 Å². The first kappa shape index (κ1) is 12.2. The standard InChI is InChI=1S/C13H20N2O2/c1-15(2)11-8-14-7-9-5-10(16-3)6-12(17-4)13(9)11/h5-6,11,14H,7-8H2,1-4H3/p+2/t11-/m1/s1. The Labute approximate surface area is 103 Å². The lowest BCUT2D eigenvalue weighted by Crippen LogP contribution is -3.10. The summed E-state index contributed by atoms with van der Waals surface area (Å²) in [4.78, 5) is 1.44. The second-order valence-electron chi connectivity index (χ2n) is 4.76. The third kappa shape index (κ3) is 2.23. The number of ether oxygens (including phenoxy) is 2. The van der Waals surface area contributed by atoms with E-state index in [0.29, 0.717) is 6.04 Å². The zero-order valence-corrected chi connectivity index (χ0v) is 11.0. The number of fused-ring (bicyclic) bond motifs is 1. The maximum atomic E-state index is 5.53. The van der Waals surface area contributed by atoms with Crippen LogP contribution in [0.2, 0.25) is 0 Å². The smallest absolute Gasteiger partial charge is 0.166 e. The molecule has 4 heteroatoms. The Hall–Kier alpha value is -1.26. The summed E-state index contributed by atoms with van der Waals surface area (Å²) in [6, 6.07) is 4.60. The van der Waals surface area contributed by atoms with Gasteiger partial charge < -0.3 is 19.7 Å². The molecule has 0 fully saturated rings. The van der Waals surface area contributed by atoms with E-state index in [1.165, 1.54) is 16.0 Å². The lowest BCUT2D eigenvalue weighted by molar-refractivity contribution is -0.912. The van der Waals surface area contributed by atoms with Gasteiger partial charge in [-0.2, -0.15) is 0 Å². The molecule has 0 amide bonds. The van der Waals surface area contributed by atoms with E-state index in [0.717, 1.165) is 24.6 Å². The highest BCUT2D eigenvalue weighted by Crippen LogP contribution is 2.32.